The number of carbonyl (C=O) groups is 2. The number of nitro groups is 1. The highest BCUT2D eigenvalue weighted by molar-refractivity contribution is 9.10. The number of aromatic hydroxyl groups is 1. The van der Waals surface area contributed by atoms with Gasteiger partial charge >= 0.3 is 0 Å². The lowest BCUT2D eigenvalue weighted by Gasteiger charge is -2.14. The van der Waals surface area contributed by atoms with Crippen LogP contribution in [0.25, 0.3) is 6.08 Å². The number of nitro benzene ring substituents is 1. The van der Waals surface area contributed by atoms with E-state index in [1.807, 2.05) is 0 Å². The van der Waals surface area contributed by atoms with Gasteiger partial charge in [-0.05, 0) is 45.4 Å². The molecule has 2 aliphatic heterocycles. The molecule has 4 rings (SSSR count). The molecule has 2 aliphatic rings. The average Bonchev–Trinajstić information content (AvgIpc) is 3.24. The summed E-state index contributed by atoms with van der Waals surface area (Å²) >= 11 is 9.92. The Balaban J connectivity index is 1.63. The number of ether oxygens (including phenoxy) is 2. The first-order chi connectivity index (χ1) is 14.2. The van der Waals surface area contributed by atoms with Crippen LogP contribution in [0.3, 0.4) is 0 Å². The molecule has 0 spiro atoms. The molecule has 12 heteroatoms. The first-order valence-electron chi connectivity index (χ1n) is 8.25. The molecule has 154 valence electrons. The van der Waals surface area contributed by atoms with E-state index in [9.17, 15) is 24.8 Å². The van der Waals surface area contributed by atoms with Gasteiger partial charge in [0.25, 0.3) is 16.8 Å². The Morgan fingerprint density at radius 1 is 1.27 bits per heavy atom. The maximum atomic E-state index is 12.8. The zero-order valence-corrected chi connectivity index (χ0v) is 17.9. The second kappa shape index (κ2) is 7.82. The predicted octanol–water partition coefficient (Wildman–Crippen LogP) is 4.68. The highest BCUT2D eigenvalue weighted by Gasteiger charge is 2.36. The first kappa shape index (κ1) is 20.5. The summed E-state index contributed by atoms with van der Waals surface area (Å²) in [5.41, 5.74) is 0.241. The number of phenols is 1. The van der Waals surface area contributed by atoms with Gasteiger partial charge < -0.3 is 14.6 Å². The van der Waals surface area contributed by atoms with Crippen molar-refractivity contribution in [3.63, 3.8) is 0 Å². The number of rotatable bonds is 4. The van der Waals surface area contributed by atoms with Crippen LogP contribution in [0.15, 0.2) is 33.6 Å². The number of thioether (sulfide) groups is 1. The van der Waals surface area contributed by atoms with Crippen LogP contribution in [-0.4, -0.2) is 32.9 Å². The van der Waals surface area contributed by atoms with Gasteiger partial charge in [-0.2, -0.15) is 0 Å². The van der Waals surface area contributed by atoms with E-state index >= 15 is 0 Å². The van der Waals surface area contributed by atoms with Crippen molar-refractivity contribution in [3.8, 4) is 17.2 Å². The number of benzene rings is 2. The Morgan fingerprint density at radius 3 is 2.67 bits per heavy atom. The third-order valence-electron chi connectivity index (χ3n) is 4.32. The highest BCUT2D eigenvalue weighted by Crippen LogP contribution is 2.41. The monoisotopic (exact) mass is 512 g/mol. The van der Waals surface area contributed by atoms with Crippen LogP contribution in [0, 0.1) is 10.1 Å². The number of halogens is 2. The predicted molar refractivity (Wildman–Crippen MR) is 112 cm³/mol. The van der Waals surface area contributed by atoms with E-state index in [1.54, 1.807) is 12.1 Å². The minimum atomic E-state index is -0.630. The van der Waals surface area contributed by atoms with Gasteiger partial charge in [-0.25, -0.2) is 0 Å². The normalized spacial score (nSPS) is 16.6. The molecule has 30 heavy (non-hydrogen) atoms. The van der Waals surface area contributed by atoms with E-state index in [0.29, 0.717) is 33.8 Å². The molecule has 1 fully saturated rings. The molecule has 1 N–H and O–H groups in total. The zero-order valence-electron chi connectivity index (χ0n) is 14.8. The number of hydrogen-bond donors (Lipinski definition) is 1. The van der Waals surface area contributed by atoms with Crippen LogP contribution >= 0.6 is 39.3 Å². The summed E-state index contributed by atoms with van der Waals surface area (Å²) in [7, 11) is 0. The third-order valence-corrected chi connectivity index (χ3v) is 6.18. The lowest BCUT2D eigenvalue weighted by molar-refractivity contribution is -0.385. The number of non-ortho nitro benzene ring substituents is 1. The van der Waals surface area contributed by atoms with E-state index in [1.165, 1.54) is 6.08 Å². The minimum absolute atomic E-state index is 0.0135. The Hall–Kier alpha value is -2.76. The van der Waals surface area contributed by atoms with E-state index in [4.69, 9.17) is 21.1 Å². The molecule has 0 radical (unpaired) electrons. The molecule has 2 heterocycles. The summed E-state index contributed by atoms with van der Waals surface area (Å²) in [5, 5.41) is 21.0. The van der Waals surface area contributed by atoms with E-state index in [-0.39, 0.29) is 39.7 Å². The Bertz CT molecular complexity index is 1150. The number of fused-ring (bicyclic) bond motifs is 1. The Morgan fingerprint density at radius 2 is 1.97 bits per heavy atom. The average molecular weight is 514 g/mol. The second-order valence-corrected chi connectivity index (χ2v) is 8.44. The standard InChI is InChI=1S/C18H10BrClN2O7S/c19-11-4-10(22(26)27)1-8(16(11)23)3-15-17(24)21(18(25)30-15)6-9-2-13-14(5-12(9)20)29-7-28-13/h1-5,23H,6-7H2/b15-3-. The van der Waals surface area contributed by atoms with Crippen molar-refractivity contribution in [2.75, 3.05) is 6.79 Å². The second-order valence-electron chi connectivity index (χ2n) is 6.19. The van der Waals surface area contributed by atoms with E-state index in [2.05, 4.69) is 15.9 Å². The van der Waals surface area contributed by atoms with Crippen LogP contribution in [0.5, 0.6) is 17.2 Å². The molecule has 0 aromatic heterocycles. The maximum Gasteiger partial charge on any atom is 0.293 e. The number of phenolic OH excluding ortho intramolecular Hbond substituents is 1. The molecular formula is C18H10BrClN2O7S. The summed E-state index contributed by atoms with van der Waals surface area (Å²) in [6.07, 6.45) is 1.24. The summed E-state index contributed by atoms with van der Waals surface area (Å²) in [6.45, 7) is -0.0379. The Kier molecular flexibility index (Phi) is 5.35. The van der Waals surface area contributed by atoms with Gasteiger partial charge in [0, 0.05) is 28.8 Å². The molecule has 0 saturated carbocycles. The lowest BCUT2D eigenvalue weighted by atomic mass is 10.1. The van der Waals surface area contributed by atoms with Crippen molar-refractivity contribution >= 4 is 62.2 Å². The van der Waals surface area contributed by atoms with Gasteiger partial charge in [-0.15, -0.1) is 0 Å². The topological polar surface area (TPSA) is 119 Å². The molecule has 2 aromatic rings. The quantitative estimate of drug-likeness (QED) is 0.355. The van der Waals surface area contributed by atoms with Crippen molar-refractivity contribution < 1.29 is 29.1 Å². The number of hydrogen-bond acceptors (Lipinski definition) is 8. The summed E-state index contributed by atoms with van der Waals surface area (Å²) in [6, 6.07) is 5.40. The molecule has 0 unspecified atom stereocenters. The zero-order chi connectivity index (χ0) is 21.6. The van der Waals surface area contributed by atoms with E-state index < -0.39 is 16.1 Å². The van der Waals surface area contributed by atoms with Crippen LogP contribution < -0.4 is 9.47 Å². The van der Waals surface area contributed by atoms with E-state index in [0.717, 1.165) is 17.0 Å². The molecule has 1 saturated heterocycles. The first-order valence-corrected chi connectivity index (χ1v) is 10.2. The minimum Gasteiger partial charge on any atom is -0.506 e. The number of carbonyl (C=O) groups excluding carboxylic acids is 2. The Labute approximate surface area is 186 Å². The molecule has 0 bridgehead atoms. The maximum absolute atomic E-state index is 12.8. The fourth-order valence-electron chi connectivity index (χ4n) is 2.85. The fraction of sp³-hybridized carbons (Fsp3) is 0.111. The molecule has 9 nitrogen and oxygen atoms in total. The van der Waals surface area contributed by atoms with Crippen molar-refractivity contribution in [1.29, 1.82) is 0 Å². The summed E-state index contributed by atoms with van der Waals surface area (Å²) in [5.74, 6) is 0.0415. The smallest absolute Gasteiger partial charge is 0.293 e. The molecule has 2 amide bonds. The third kappa shape index (κ3) is 3.71. The van der Waals surface area contributed by atoms with Gasteiger partial charge in [0.15, 0.2) is 11.5 Å². The number of amides is 2. The van der Waals surface area contributed by atoms with Crippen LogP contribution in [-0.2, 0) is 11.3 Å². The van der Waals surface area contributed by atoms with Crippen molar-refractivity contribution in [1.82, 2.24) is 4.90 Å². The fourth-order valence-corrected chi connectivity index (χ4v) is 4.36. The number of nitrogens with zero attached hydrogens (tertiary/aromatic N) is 2. The van der Waals surface area contributed by atoms with Gasteiger partial charge in [-0.1, -0.05) is 11.6 Å². The largest absolute Gasteiger partial charge is 0.506 e. The van der Waals surface area contributed by atoms with Gasteiger partial charge in [-0.3, -0.25) is 24.6 Å². The van der Waals surface area contributed by atoms with Crippen LogP contribution in [0.4, 0.5) is 10.5 Å². The van der Waals surface area contributed by atoms with Crippen molar-refractivity contribution in [3.05, 3.63) is 59.9 Å². The van der Waals surface area contributed by atoms with Crippen molar-refractivity contribution in [2.45, 2.75) is 6.54 Å². The van der Waals surface area contributed by atoms with Crippen LogP contribution in [0.2, 0.25) is 5.02 Å². The summed E-state index contributed by atoms with van der Waals surface area (Å²) in [4.78, 5) is 36.6. The SMILES string of the molecule is O=C1S/C(=C\c2cc([N+](=O)[O-])cc(Br)c2O)C(=O)N1Cc1cc2c(cc1Cl)OCO2. The van der Waals surface area contributed by atoms with Gasteiger partial charge in [0.2, 0.25) is 6.79 Å². The molecule has 0 atom stereocenters. The molecule has 0 aliphatic carbocycles. The molecule has 2 aromatic carbocycles. The van der Waals surface area contributed by atoms with Gasteiger partial charge in [0.05, 0.1) is 20.8 Å². The highest BCUT2D eigenvalue weighted by atomic mass is 79.9. The number of imide groups is 1. The lowest BCUT2D eigenvalue weighted by Crippen LogP contribution is -2.27. The van der Waals surface area contributed by atoms with Gasteiger partial charge in [0.1, 0.15) is 5.75 Å². The summed E-state index contributed by atoms with van der Waals surface area (Å²) < 4.78 is 10.6. The van der Waals surface area contributed by atoms with Crippen molar-refractivity contribution in [2.24, 2.45) is 0 Å². The molecular weight excluding hydrogens is 504 g/mol. The van der Waals surface area contributed by atoms with Crippen LogP contribution in [0.1, 0.15) is 11.1 Å².